The Hall–Kier alpha value is -1.88. The number of amides is 1. The summed E-state index contributed by atoms with van der Waals surface area (Å²) in [5.74, 6) is 1.57. The molecule has 4 rings (SSSR count). The first kappa shape index (κ1) is 17.5. The highest BCUT2D eigenvalue weighted by molar-refractivity contribution is 7.09. The number of fused-ring (bicyclic) bond motifs is 1. The molecule has 2 fully saturated rings. The normalized spacial score (nSPS) is 25.2. The number of hydrogen-bond acceptors (Lipinski definition) is 4. The van der Waals surface area contributed by atoms with Crippen LogP contribution in [0.15, 0.2) is 29.6 Å². The van der Waals surface area contributed by atoms with E-state index in [9.17, 15) is 4.79 Å². The number of carbonyl (C=O) groups excluding carboxylic acids is 1. The molecule has 3 atom stereocenters. The van der Waals surface area contributed by atoms with Gasteiger partial charge in [0.05, 0.1) is 10.7 Å². The number of likely N-dealkylation sites (tertiary alicyclic amines) is 1. The van der Waals surface area contributed by atoms with E-state index in [1.807, 2.05) is 36.6 Å². The van der Waals surface area contributed by atoms with E-state index < -0.39 is 0 Å². The van der Waals surface area contributed by atoms with E-state index in [2.05, 4.69) is 16.8 Å². The molecule has 1 amide bonds. The third-order valence-electron chi connectivity index (χ3n) is 5.71. The summed E-state index contributed by atoms with van der Waals surface area (Å²) in [6.45, 7) is 4.62. The van der Waals surface area contributed by atoms with Crippen LogP contribution in [-0.4, -0.2) is 27.9 Å². The maximum Gasteiger partial charge on any atom is 0.254 e. The minimum absolute atomic E-state index is 0.154. The zero-order valence-corrected chi connectivity index (χ0v) is 16.3. The topological polar surface area (TPSA) is 42.4 Å². The van der Waals surface area contributed by atoms with Crippen molar-refractivity contribution in [1.82, 2.24) is 9.88 Å². The second kappa shape index (κ2) is 7.39. The summed E-state index contributed by atoms with van der Waals surface area (Å²) in [6, 6.07) is 8.36. The Kier molecular flexibility index (Phi) is 4.98. The molecule has 2 aromatic rings. The van der Waals surface area contributed by atoms with Gasteiger partial charge in [-0.05, 0) is 57.2 Å². The second-order valence-corrected chi connectivity index (χ2v) is 8.65. The van der Waals surface area contributed by atoms with Gasteiger partial charge in [0, 0.05) is 23.0 Å². The van der Waals surface area contributed by atoms with E-state index in [1.165, 1.54) is 19.3 Å². The Labute approximate surface area is 159 Å². The summed E-state index contributed by atoms with van der Waals surface area (Å²) in [7, 11) is 0. The first-order valence-corrected chi connectivity index (χ1v) is 10.5. The van der Waals surface area contributed by atoms with E-state index >= 15 is 0 Å². The van der Waals surface area contributed by atoms with Crippen molar-refractivity contribution in [3.63, 3.8) is 0 Å². The number of aromatic nitrogens is 1. The maximum absolute atomic E-state index is 13.2. The van der Waals surface area contributed by atoms with Gasteiger partial charge in [-0.1, -0.05) is 18.9 Å². The molecule has 0 spiro atoms. The Bertz CT molecular complexity index is 788. The molecule has 0 radical (unpaired) electrons. The third-order valence-corrected chi connectivity index (χ3v) is 6.54. The zero-order chi connectivity index (χ0) is 18.1. The number of hydrogen-bond donors (Lipinski definition) is 0. The fourth-order valence-electron chi connectivity index (χ4n) is 4.56. The highest BCUT2D eigenvalue weighted by Gasteiger charge is 2.42. The number of rotatable bonds is 4. The maximum atomic E-state index is 13.2. The van der Waals surface area contributed by atoms with Crippen molar-refractivity contribution < 1.29 is 9.53 Å². The summed E-state index contributed by atoms with van der Waals surface area (Å²) in [5.41, 5.74) is 1.66. The molecular weight excluding hydrogens is 344 g/mol. The molecule has 0 bridgehead atoms. The lowest BCUT2D eigenvalue weighted by Gasteiger charge is -2.33. The molecule has 1 aliphatic heterocycles. The molecule has 3 unspecified atom stereocenters. The molecule has 0 N–H and O–H groups in total. The van der Waals surface area contributed by atoms with Crippen molar-refractivity contribution in [3.8, 4) is 5.75 Å². The molecule has 26 heavy (non-hydrogen) atoms. The lowest BCUT2D eigenvalue weighted by molar-refractivity contribution is 0.0633. The van der Waals surface area contributed by atoms with Crippen LogP contribution < -0.4 is 4.74 Å². The van der Waals surface area contributed by atoms with Crippen LogP contribution >= 0.6 is 11.3 Å². The summed E-state index contributed by atoms with van der Waals surface area (Å²) in [6.07, 6.45) is 6.13. The number of nitrogens with zero attached hydrogens (tertiary/aromatic N) is 2. The lowest BCUT2D eigenvalue weighted by atomic mass is 9.85. The van der Waals surface area contributed by atoms with Gasteiger partial charge in [0.25, 0.3) is 5.91 Å². The van der Waals surface area contributed by atoms with Crippen molar-refractivity contribution in [2.45, 2.75) is 64.6 Å². The average molecular weight is 371 g/mol. The van der Waals surface area contributed by atoms with E-state index in [1.54, 1.807) is 11.3 Å². The summed E-state index contributed by atoms with van der Waals surface area (Å²) >= 11 is 1.62. The number of carbonyl (C=O) groups is 1. The first-order chi connectivity index (χ1) is 12.6. The van der Waals surface area contributed by atoms with Crippen molar-refractivity contribution in [2.24, 2.45) is 5.92 Å². The molecule has 138 valence electrons. The van der Waals surface area contributed by atoms with Crippen LogP contribution in [0.3, 0.4) is 0 Å². The van der Waals surface area contributed by atoms with Gasteiger partial charge in [-0.25, -0.2) is 4.98 Å². The Morgan fingerprint density at radius 1 is 1.35 bits per heavy atom. The van der Waals surface area contributed by atoms with Crippen LogP contribution in [-0.2, 0) is 6.61 Å². The molecule has 4 nitrogen and oxygen atoms in total. The number of aryl methyl sites for hydroxylation is 1. The second-order valence-electron chi connectivity index (χ2n) is 7.58. The molecule has 1 aromatic carbocycles. The highest BCUT2D eigenvalue weighted by Crippen LogP contribution is 2.40. The molecule has 1 saturated carbocycles. The SMILES string of the molecule is Cc1nc(COc2cccc(C(=O)N3C(C)CC4CCCCC43)c2)cs1. The Morgan fingerprint density at radius 3 is 3.00 bits per heavy atom. The van der Waals surface area contributed by atoms with E-state index in [0.29, 0.717) is 24.6 Å². The van der Waals surface area contributed by atoms with Crippen molar-refractivity contribution in [2.75, 3.05) is 0 Å². The molecule has 5 heteroatoms. The third kappa shape index (κ3) is 3.50. The van der Waals surface area contributed by atoms with Gasteiger partial charge >= 0.3 is 0 Å². The minimum Gasteiger partial charge on any atom is -0.487 e. The molecule has 1 saturated heterocycles. The van der Waals surface area contributed by atoms with Crippen LogP contribution in [0.2, 0.25) is 0 Å². The predicted molar refractivity (Wildman–Crippen MR) is 104 cm³/mol. The van der Waals surface area contributed by atoms with E-state index in [4.69, 9.17) is 4.74 Å². The van der Waals surface area contributed by atoms with Crippen LogP contribution in [0.1, 0.15) is 60.1 Å². The number of thiazole rings is 1. The van der Waals surface area contributed by atoms with E-state index in [0.717, 1.165) is 34.9 Å². The zero-order valence-electron chi connectivity index (χ0n) is 15.5. The number of benzene rings is 1. The molecule has 1 aliphatic carbocycles. The molecule has 1 aromatic heterocycles. The van der Waals surface area contributed by atoms with Crippen molar-refractivity contribution >= 4 is 17.2 Å². The number of ether oxygens (including phenoxy) is 1. The Morgan fingerprint density at radius 2 is 2.19 bits per heavy atom. The van der Waals surface area contributed by atoms with Gasteiger partial charge in [0.1, 0.15) is 12.4 Å². The van der Waals surface area contributed by atoms with Crippen LogP contribution in [0.5, 0.6) is 5.75 Å². The summed E-state index contributed by atoms with van der Waals surface area (Å²) in [5, 5.41) is 3.05. The predicted octanol–water partition coefficient (Wildman–Crippen LogP) is 4.82. The van der Waals surface area contributed by atoms with Crippen LogP contribution in [0.4, 0.5) is 0 Å². The summed E-state index contributed by atoms with van der Waals surface area (Å²) < 4.78 is 5.87. The highest BCUT2D eigenvalue weighted by atomic mass is 32.1. The quantitative estimate of drug-likeness (QED) is 0.774. The van der Waals surface area contributed by atoms with Crippen LogP contribution in [0.25, 0.3) is 0 Å². The summed E-state index contributed by atoms with van der Waals surface area (Å²) in [4.78, 5) is 19.8. The van der Waals surface area contributed by atoms with Gasteiger partial charge in [0.15, 0.2) is 0 Å². The van der Waals surface area contributed by atoms with Gasteiger partial charge in [0.2, 0.25) is 0 Å². The standard InChI is InChI=1S/C21H26N2O2S/c1-14-10-16-6-3-4-9-20(16)23(14)21(24)17-7-5-8-19(11-17)25-12-18-13-26-15(2)22-18/h5,7-8,11,13-14,16,20H,3-4,6,9-10,12H2,1-2H3. The molecule has 2 aliphatic rings. The smallest absolute Gasteiger partial charge is 0.254 e. The van der Waals surface area contributed by atoms with Gasteiger partial charge in [-0.15, -0.1) is 11.3 Å². The van der Waals surface area contributed by atoms with Crippen molar-refractivity contribution in [1.29, 1.82) is 0 Å². The largest absolute Gasteiger partial charge is 0.487 e. The van der Waals surface area contributed by atoms with Crippen LogP contribution in [0, 0.1) is 12.8 Å². The fourth-order valence-corrected chi connectivity index (χ4v) is 5.16. The lowest BCUT2D eigenvalue weighted by Crippen LogP contribution is -2.42. The molecular formula is C21H26N2O2S. The monoisotopic (exact) mass is 370 g/mol. The molecule has 2 heterocycles. The first-order valence-electron chi connectivity index (χ1n) is 9.58. The van der Waals surface area contributed by atoms with Gasteiger partial charge < -0.3 is 9.64 Å². The van der Waals surface area contributed by atoms with E-state index in [-0.39, 0.29) is 5.91 Å². The average Bonchev–Trinajstić information content (AvgIpc) is 3.21. The van der Waals surface area contributed by atoms with Gasteiger partial charge in [-0.2, -0.15) is 0 Å². The van der Waals surface area contributed by atoms with Crippen molar-refractivity contribution in [3.05, 3.63) is 45.9 Å². The fraction of sp³-hybridized carbons (Fsp3) is 0.524. The minimum atomic E-state index is 0.154. The Balaban J connectivity index is 1.47. The van der Waals surface area contributed by atoms with Gasteiger partial charge in [-0.3, -0.25) is 4.79 Å².